The summed E-state index contributed by atoms with van der Waals surface area (Å²) < 4.78 is 21.8. The molecule has 0 atom stereocenters. The first kappa shape index (κ1) is 12.9. The summed E-state index contributed by atoms with van der Waals surface area (Å²) in [5.41, 5.74) is 0.727. The third-order valence-corrected chi connectivity index (χ3v) is 3.27. The monoisotopic (exact) mass is 287 g/mol. The van der Waals surface area contributed by atoms with Crippen molar-refractivity contribution in [1.82, 2.24) is 0 Å². The van der Waals surface area contributed by atoms with E-state index in [4.69, 9.17) is 33.9 Å². The second-order valence-electron chi connectivity index (χ2n) is 2.73. The van der Waals surface area contributed by atoms with Crippen molar-refractivity contribution < 1.29 is 8.42 Å². The van der Waals surface area contributed by atoms with Crippen molar-refractivity contribution in [3.05, 3.63) is 24.3 Å². The van der Waals surface area contributed by atoms with Crippen LogP contribution in [0.3, 0.4) is 0 Å². The van der Waals surface area contributed by atoms with Crippen LogP contribution in [0.5, 0.6) is 0 Å². The molecule has 0 aliphatic rings. The molecule has 0 radical (unpaired) electrons. The van der Waals surface area contributed by atoms with Gasteiger partial charge >= 0.3 is 0 Å². The Hall–Kier alpha value is -0.160. The second-order valence-corrected chi connectivity index (χ2v) is 6.58. The molecule has 0 saturated heterocycles. The molecule has 15 heavy (non-hydrogen) atoms. The number of benzene rings is 1. The predicted molar refractivity (Wildman–Crippen MR) is 63.5 cm³/mol. The molecule has 0 bridgehead atoms. The fourth-order valence-corrected chi connectivity index (χ4v) is 1.85. The Kier molecular flexibility index (Phi) is 4.52. The Morgan fingerprint density at radius 2 is 1.73 bits per heavy atom. The highest BCUT2D eigenvalue weighted by atomic mass is 35.7. The minimum absolute atomic E-state index is 0.0583. The van der Waals surface area contributed by atoms with Crippen LogP contribution in [0.4, 0.5) is 5.69 Å². The van der Waals surface area contributed by atoms with Gasteiger partial charge in [0.2, 0.25) is 0 Å². The average molecular weight is 289 g/mol. The average Bonchev–Trinajstić information content (AvgIpc) is 2.14. The topological polar surface area (TPSA) is 46.2 Å². The van der Waals surface area contributed by atoms with Crippen LogP contribution in [0.25, 0.3) is 0 Å². The van der Waals surface area contributed by atoms with Gasteiger partial charge in [0, 0.05) is 22.9 Å². The Balaban J connectivity index is 2.73. The van der Waals surface area contributed by atoms with Crippen LogP contribution >= 0.6 is 33.9 Å². The van der Waals surface area contributed by atoms with Gasteiger partial charge in [0.25, 0.3) is 9.05 Å². The van der Waals surface area contributed by atoms with Gasteiger partial charge in [0.15, 0.2) is 0 Å². The van der Waals surface area contributed by atoms with Crippen LogP contribution in [-0.4, -0.2) is 19.8 Å². The number of rotatable bonds is 4. The zero-order chi connectivity index (χ0) is 11.5. The van der Waals surface area contributed by atoms with Crippen LogP contribution in [0.2, 0.25) is 0 Å². The number of alkyl halides is 2. The summed E-state index contributed by atoms with van der Waals surface area (Å²) in [6.07, 6.45) is 0. The molecule has 0 unspecified atom stereocenters. The van der Waals surface area contributed by atoms with Crippen molar-refractivity contribution in [2.75, 3.05) is 11.9 Å². The Bertz CT molecular complexity index is 416. The number of hydrogen-bond donors (Lipinski definition) is 1. The van der Waals surface area contributed by atoms with E-state index in [2.05, 4.69) is 5.32 Å². The Morgan fingerprint density at radius 1 is 1.20 bits per heavy atom. The smallest absolute Gasteiger partial charge is 0.261 e. The Labute approximate surface area is 103 Å². The van der Waals surface area contributed by atoms with E-state index in [0.717, 1.165) is 5.69 Å². The quantitative estimate of drug-likeness (QED) is 0.684. The maximum atomic E-state index is 10.9. The van der Waals surface area contributed by atoms with Gasteiger partial charge in [-0.05, 0) is 24.3 Å². The van der Waals surface area contributed by atoms with Crippen molar-refractivity contribution in [3.8, 4) is 0 Å². The van der Waals surface area contributed by atoms with Crippen molar-refractivity contribution in [3.63, 3.8) is 0 Å². The number of hydrogen-bond acceptors (Lipinski definition) is 3. The standard InChI is InChI=1S/C8H8Cl3NO2S/c9-8(10)5-12-6-1-3-7(4-2-6)15(11,13)14/h1-4,8,12H,5H2. The molecule has 0 spiro atoms. The summed E-state index contributed by atoms with van der Waals surface area (Å²) in [7, 11) is 1.49. The molecule has 1 N–H and O–H groups in total. The summed E-state index contributed by atoms with van der Waals surface area (Å²) in [5.74, 6) is 0. The van der Waals surface area contributed by atoms with Gasteiger partial charge in [-0.25, -0.2) is 8.42 Å². The molecule has 1 rings (SSSR count). The maximum Gasteiger partial charge on any atom is 0.261 e. The highest BCUT2D eigenvalue weighted by Crippen LogP contribution is 2.17. The molecular weight excluding hydrogens is 281 g/mol. The first-order valence-electron chi connectivity index (χ1n) is 3.96. The predicted octanol–water partition coefficient (Wildman–Crippen LogP) is 2.83. The fraction of sp³-hybridized carbons (Fsp3) is 0.250. The molecule has 0 fully saturated rings. The van der Waals surface area contributed by atoms with E-state index in [0.29, 0.717) is 6.54 Å². The van der Waals surface area contributed by atoms with E-state index in [-0.39, 0.29) is 4.90 Å². The molecule has 3 nitrogen and oxygen atoms in total. The lowest BCUT2D eigenvalue weighted by Gasteiger charge is -2.06. The SMILES string of the molecule is O=S(=O)(Cl)c1ccc(NCC(Cl)Cl)cc1. The third kappa shape index (κ3) is 4.47. The zero-order valence-corrected chi connectivity index (χ0v) is 10.5. The molecule has 1 aromatic rings. The number of halogens is 3. The Morgan fingerprint density at radius 3 is 2.13 bits per heavy atom. The van der Waals surface area contributed by atoms with Crippen LogP contribution < -0.4 is 5.32 Å². The number of anilines is 1. The lowest BCUT2D eigenvalue weighted by Crippen LogP contribution is -2.08. The van der Waals surface area contributed by atoms with Crippen molar-refractivity contribution in [2.45, 2.75) is 9.73 Å². The minimum Gasteiger partial charge on any atom is -0.382 e. The molecule has 0 aliphatic carbocycles. The first-order valence-corrected chi connectivity index (χ1v) is 7.14. The van der Waals surface area contributed by atoms with Gasteiger partial charge in [-0.15, -0.1) is 23.2 Å². The first-order chi connectivity index (χ1) is 6.89. The van der Waals surface area contributed by atoms with Crippen LogP contribution in [-0.2, 0) is 9.05 Å². The van der Waals surface area contributed by atoms with Gasteiger partial charge in [-0.2, -0.15) is 0 Å². The molecule has 0 saturated carbocycles. The van der Waals surface area contributed by atoms with Gasteiger partial charge < -0.3 is 5.32 Å². The van der Waals surface area contributed by atoms with Crippen LogP contribution in [0.1, 0.15) is 0 Å². The lowest BCUT2D eigenvalue weighted by atomic mass is 10.3. The molecule has 7 heteroatoms. The highest BCUT2D eigenvalue weighted by Gasteiger charge is 2.08. The third-order valence-electron chi connectivity index (χ3n) is 1.60. The molecule has 84 valence electrons. The van der Waals surface area contributed by atoms with E-state index in [1.54, 1.807) is 12.1 Å². The van der Waals surface area contributed by atoms with Gasteiger partial charge in [-0.1, -0.05) is 0 Å². The second kappa shape index (κ2) is 5.25. The maximum absolute atomic E-state index is 10.9. The summed E-state index contributed by atoms with van der Waals surface area (Å²) in [6, 6.07) is 5.99. The van der Waals surface area contributed by atoms with Crippen molar-refractivity contribution in [1.29, 1.82) is 0 Å². The zero-order valence-electron chi connectivity index (χ0n) is 7.45. The number of nitrogens with one attached hydrogen (secondary N) is 1. The van der Waals surface area contributed by atoms with E-state index in [1.807, 2.05) is 0 Å². The van der Waals surface area contributed by atoms with E-state index in [1.165, 1.54) is 12.1 Å². The van der Waals surface area contributed by atoms with Crippen molar-refractivity contribution >= 4 is 48.6 Å². The normalized spacial score (nSPS) is 11.7. The molecule has 0 amide bonds. The summed E-state index contributed by atoms with van der Waals surface area (Å²) in [4.78, 5) is -0.454. The van der Waals surface area contributed by atoms with E-state index < -0.39 is 13.9 Å². The van der Waals surface area contributed by atoms with Crippen LogP contribution in [0.15, 0.2) is 29.2 Å². The summed E-state index contributed by atoms with van der Waals surface area (Å²) in [5, 5.41) is 2.92. The van der Waals surface area contributed by atoms with E-state index in [9.17, 15) is 8.42 Å². The summed E-state index contributed by atoms with van der Waals surface area (Å²) in [6.45, 7) is 0.385. The minimum atomic E-state index is -3.66. The van der Waals surface area contributed by atoms with Crippen LogP contribution in [0, 0.1) is 0 Å². The van der Waals surface area contributed by atoms with Crippen molar-refractivity contribution in [2.24, 2.45) is 0 Å². The molecule has 0 heterocycles. The molecule has 1 aromatic carbocycles. The van der Waals surface area contributed by atoms with Gasteiger partial charge in [0.05, 0.1) is 4.90 Å². The molecule has 0 aliphatic heterocycles. The molecular formula is C8H8Cl3NO2S. The van der Waals surface area contributed by atoms with Gasteiger partial charge in [-0.3, -0.25) is 0 Å². The largest absolute Gasteiger partial charge is 0.382 e. The summed E-state index contributed by atoms with van der Waals surface area (Å²) >= 11 is 11.0. The van der Waals surface area contributed by atoms with Gasteiger partial charge in [0.1, 0.15) is 4.84 Å². The highest BCUT2D eigenvalue weighted by molar-refractivity contribution is 8.13. The lowest BCUT2D eigenvalue weighted by molar-refractivity contribution is 0.609. The molecule has 0 aromatic heterocycles. The fourth-order valence-electron chi connectivity index (χ4n) is 0.930. The van der Waals surface area contributed by atoms with E-state index >= 15 is 0 Å².